The van der Waals surface area contributed by atoms with Crippen molar-refractivity contribution in [1.82, 2.24) is 4.90 Å². The molecular formula is C20H23NO3. The van der Waals surface area contributed by atoms with Crippen LogP contribution in [0, 0.1) is 13.8 Å². The summed E-state index contributed by atoms with van der Waals surface area (Å²) in [5.74, 6) is -0.396. The normalized spacial score (nSPS) is 10.3. The summed E-state index contributed by atoms with van der Waals surface area (Å²) < 4.78 is 4.69. The fourth-order valence-electron chi connectivity index (χ4n) is 2.44. The van der Waals surface area contributed by atoms with Crippen LogP contribution in [0.25, 0.3) is 0 Å². The first-order valence-corrected chi connectivity index (χ1v) is 7.98. The highest BCUT2D eigenvalue weighted by molar-refractivity contribution is 5.94. The van der Waals surface area contributed by atoms with Gasteiger partial charge in [0.1, 0.15) is 0 Å². The average Bonchev–Trinajstić information content (AvgIpc) is 2.60. The van der Waals surface area contributed by atoms with Gasteiger partial charge >= 0.3 is 5.97 Å². The van der Waals surface area contributed by atoms with Gasteiger partial charge in [-0.25, -0.2) is 0 Å². The summed E-state index contributed by atoms with van der Waals surface area (Å²) in [7, 11) is 1.36. The number of hydrogen-bond donors (Lipinski definition) is 0. The predicted octanol–water partition coefficient (Wildman–Crippen LogP) is 3.51. The summed E-state index contributed by atoms with van der Waals surface area (Å²) in [5, 5.41) is 0. The maximum Gasteiger partial charge on any atom is 0.307 e. The molecule has 0 aliphatic rings. The summed E-state index contributed by atoms with van der Waals surface area (Å²) >= 11 is 0. The van der Waals surface area contributed by atoms with Crippen LogP contribution in [0.2, 0.25) is 0 Å². The number of methoxy groups -OCH3 is 1. The highest BCUT2D eigenvalue weighted by atomic mass is 16.5. The number of carbonyl (C=O) groups is 2. The van der Waals surface area contributed by atoms with Crippen molar-refractivity contribution in [3.8, 4) is 0 Å². The van der Waals surface area contributed by atoms with Gasteiger partial charge < -0.3 is 9.64 Å². The minimum Gasteiger partial charge on any atom is -0.469 e. The molecule has 0 spiro atoms. The number of hydrogen-bond acceptors (Lipinski definition) is 3. The van der Waals surface area contributed by atoms with Crippen molar-refractivity contribution < 1.29 is 14.3 Å². The second kappa shape index (κ2) is 8.29. The molecule has 0 aliphatic heterocycles. The van der Waals surface area contributed by atoms with Gasteiger partial charge in [-0.15, -0.1) is 0 Å². The van der Waals surface area contributed by atoms with Gasteiger partial charge in [0.15, 0.2) is 0 Å². The van der Waals surface area contributed by atoms with Crippen LogP contribution in [0.4, 0.5) is 0 Å². The molecule has 0 saturated heterocycles. The largest absolute Gasteiger partial charge is 0.469 e. The van der Waals surface area contributed by atoms with Gasteiger partial charge in [0.2, 0.25) is 0 Å². The zero-order valence-electron chi connectivity index (χ0n) is 14.4. The third-order valence-electron chi connectivity index (χ3n) is 4.07. The average molecular weight is 325 g/mol. The zero-order chi connectivity index (χ0) is 17.5. The van der Waals surface area contributed by atoms with Crippen molar-refractivity contribution in [2.75, 3.05) is 13.7 Å². The summed E-state index contributed by atoms with van der Waals surface area (Å²) in [5.41, 5.74) is 3.89. The standard InChI is InChI=1S/C20H23NO3/c1-15-9-10-18(13-16(15)2)20(23)21(12-11-19(22)24-3)14-17-7-5-4-6-8-17/h4-10,13H,11-12,14H2,1-3H3. The highest BCUT2D eigenvalue weighted by Gasteiger charge is 2.18. The molecule has 0 aromatic heterocycles. The van der Waals surface area contributed by atoms with Crippen molar-refractivity contribution in [2.45, 2.75) is 26.8 Å². The van der Waals surface area contributed by atoms with E-state index >= 15 is 0 Å². The molecule has 2 aromatic carbocycles. The van der Waals surface area contributed by atoms with Crippen molar-refractivity contribution in [2.24, 2.45) is 0 Å². The molecule has 0 fully saturated rings. The Hall–Kier alpha value is -2.62. The number of aryl methyl sites for hydroxylation is 2. The van der Waals surface area contributed by atoms with E-state index in [0.29, 0.717) is 18.7 Å². The van der Waals surface area contributed by atoms with Crippen LogP contribution in [0.1, 0.15) is 33.5 Å². The van der Waals surface area contributed by atoms with E-state index in [1.54, 1.807) is 4.90 Å². The molecule has 24 heavy (non-hydrogen) atoms. The maximum absolute atomic E-state index is 12.9. The number of nitrogens with zero attached hydrogens (tertiary/aromatic N) is 1. The summed E-state index contributed by atoms with van der Waals surface area (Å²) in [4.78, 5) is 26.0. The Morgan fingerprint density at radius 1 is 1.00 bits per heavy atom. The lowest BCUT2D eigenvalue weighted by Gasteiger charge is -2.23. The van der Waals surface area contributed by atoms with E-state index in [1.165, 1.54) is 7.11 Å². The second-order valence-corrected chi connectivity index (χ2v) is 5.84. The van der Waals surface area contributed by atoms with Crippen LogP contribution < -0.4 is 0 Å². The van der Waals surface area contributed by atoms with E-state index in [2.05, 4.69) is 0 Å². The topological polar surface area (TPSA) is 46.6 Å². The van der Waals surface area contributed by atoms with Crippen molar-refractivity contribution in [1.29, 1.82) is 0 Å². The van der Waals surface area contributed by atoms with Gasteiger partial charge in [-0.1, -0.05) is 36.4 Å². The van der Waals surface area contributed by atoms with Gasteiger partial charge in [0.25, 0.3) is 5.91 Å². The van der Waals surface area contributed by atoms with Crippen molar-refractivity contribution in [3.63, 3.8) is 0 Å². The SMILES string of the molecule is COC(=O)CCN(Cc1ccccc1)C(=O)c1ccc(C)c(C)c1. The lowest BCUT2D eigenvalue weighted by molar-refractivity contribution is -0.140. The summed E-state index contributed by atoms with van der Waals surface area (Å²) in [6.07, 6.45) is 0.180. The molecule has 126 valence electrons. The molecule has 0 unspecified atom stereocenters. The number of rotatable bonds is 6. The van der Waals surface area contributed by atoms with Gasteiger partial charge in [-0.2, -0.15) is 0 Å². The molecule has 0 N–H and O–H groups in total. The first-order chi connectivity index (χ1) is 11.5. The first-order valence-electron chi connectivity index (χ1n) is 7.98. The molecule has 4 heteroatoms. The van der Waals surface area contributed by atoms with E-state index in [4.69, 9.17) is 4.74 Å². The molecule has 0 saturated carbocycles. The van der Waals surface area contributed by atoms with Crippen molar-refractivity contribution >= 4 is 11.9 Å². The van der Waals surface area contributed by atoms with Crippen LogP contribution in [-0.4, -0.2) is 30.4 Å². The van der Waals surface area contributed by atoms with Gasteiger partial charge in [0.05, 0.1) is 13.5 Å². The summed E-state index contributed by atoms with van der Waals surface area (Å²) in [6, 6.07) is 15.4. The smallest absolute Gasteiger partial charge is 0.307 e. The van der Waals surface area contributed by atoms with Crippen LogP contribution in [-0.2, 0) is 16.1 Å². The lowest BCUT2D eigenvalue weighted by Crippen LogP contribution is -2.32. The van der Waals surface area contributed by atoms with Gasteiger partial charge in [-0.3, -0.25) is 9.59 Å². The fourth-order valence-corrected chi connectivity index (χ4v) is 2.44. The zero-order valence-corrected chi connectivity index (χ0v) is 14.4. The molecule has 0 bridgehead atoms. The molecular weight excluding hydrogens is 302 g/mol. The number of amides is 1. The minimum absolute atomic E-state index is 0.0779. The Bertz CT molecular complexity index is 710. The molecule has 4 nitrogen and oxygen atoms in total. The van der Waals surface area contributed by atoms with Gasteiger partial charge in [-0.05, 0) is 42.7 Å². The highest BCUT2D eigenvalue weighted by Crippen LogP contribution is 2.15. The first kappa shape index (κ1) is 17.7. The molecule has 2 aromatic rings. The number of ether oxygens (including phenoxy) is 1. The van der Waals surface area contributed by atoms with Crippen LogP contribution >= 0.6 is 0 Å². The Balaban J connectivity index is 2.20. The van der Waals surface area contributed by atoms with E-state index in [9.17, 15) is 9.59 Å². The Morgan fingerprint density at radius 2 is 1.71 bits per heavy atom. The summed E-state index contributed by atoms with van der Waals surface area (Å²) in [6.45, 7) is 4.79. The molecule has 0 radical (unpaired) electrons. The molecule has 0 atom stereocenters. The molecule has 1 amide bonds. The Morgan fingerprint density at radius 3 is 2.33 bits per heavy atom. The monoisotopic (exact) mass is 325 g/mol. The van der Waals surface area contributed by atoms with Crippen molar-refractivity contribution in [3.05, 3.63) is 70.8 Å². The second-order valence-electron chi connectivity index (χ2n) is 5.84. The molecule has 0 heterocycles. The third kappa shape index (κ3) is 4.69. The number of esters is 1. The third-order valence-corrected chi connectivity index (χ3v) is 4.07. The molecule has 0 aliphatic carbocycles. The van der Waals surface area contributed by atoms with E-state index in [1.807, 2.05) is 62.4 Å². The Kier molecular flexibility index (Phi) is 6.13. The van der Waals surface area contributed by atoms with Gasteiger partial charge in [0, 0.05) is 18.7 Å². The van der Waals surface area contributed by atoms with Crippen LogP contribution in [0.5, 0.6) is 0 Å². The van der Waals surface area contributed by atoms with Crippen LogP contribution in [0.15, 0.2) is 48.5 Å². The van der Waals surface area contributed by atoms with E-state index in [-0.39, 0.29) is 18.3 Å². The quantitative estimate of drug-likeness (QED) is 0.764. The molecule has 2 rings (SSSR count). The Labute approximate surface area is 143 Å². The number of carbonyl (C=O) groups excluding carboxylic acids is 2. The van der Waals surface area contributed by atoms with E-state index < -0.39 is 0 Å². The lowest BCUT2D eigenvalue weighted by atomic mass is 10.1. The number of benzene rings is 2. The predicted molar refractivity (Wildman–Crippen MR) is 93.7 cm³/mol. The maximum atomic E-state index is 12.9. The van der Waals surface area contributed by atoms with E-state index in [0.717, 1.165) is 16.7 Å². The minimum atomic E-state index is -0.319. The van der Waals surface area contributed by atoms with Crippen LogP contribution in [0.3, 0.4) is 0 Å². The fraction of sp³-hybridized carbons (Fsp3) is 0.300.